The SMILES string of the molecule is O[C@@H](CNCCN1CCOCC1)Cn1nnnc1-c1ccccc1. The fourth-order valence-corrected chi connectivity index (χ4v) is 2.72. The molecular weight excluding hydrogens is 308 g/mol. The van der Waals surface area contributed by atoms with Crippen LogP contribution in [0.15, 0.2) is 30.3 Å². The van der Waals surface area contributed by atoms with Crippen molar-refractivity contribution in [3.63, 3.8) is 0 Å². The lowest BCUT2D eigenvalue weighted by atomic mass is 10.2. The third-order valence-corrected chi connectivity index (χ3v) is 4.04. The monoisotopic (exact) mass is 332 g/mol. The molecule has 1 aromatic heterocycles. The van der Waals surface area contributed by atoms with Crippen LogP contribution in [0.1, 0.15) is 0 Å². The number of nitrogens with zero attached hydrogens (tertiary/aromatic N) is 5. The van der Waals surface area contributed by atoms with E-state index in [0.717, 1.165) is 45.0 Å². The van der Waals surface area contributed by atoms with Gasteiger partial charge in [-0.2, -0.15) is 0 Å². The van der Waals surface area contributed by atoms with Crippen LogP contribution >= 0.6 is 0 Å². The number of morpholine rings is 1. The molecule has 2 N–H and O–H groups in total. The van der Waals surface area contributed by atoms with Crippen molar-refractivity contribution in [2.24, 2.45) is 0 Å². The Kier molecular flexibility index (Phi) is 6.25. The molecule has 8 heteroatoms. The number of tetrazole rings is 1. The third-order valence-electron chi connectivity index (χ3n) is 4.04. The number of hydrogen-bond donors (Lipinski definition) is 2. The number of aliphatic hydroxyl groups excluding tert-OH is 1. The van der Waals surface area contributed by atoms with Gasteiger partial charge in [-0.1, -0.05) is 30.3 Å². The molecule has 1 atom stereocenters. The second kappa shape index (κ2) is 8.84. The fraction of sp³-hybridized carbons (Fsp3) is 0.562. The molecule has 1 fully saturated rings. The molecule has 0 bridgehead atoms. The number of aliphatic hydroxyl groups is 1. The van der Waals surface area contributed by atoms with Gasteiger partial charge < -0.3 is 15.2 Å². The number of ether oxygens (including phenoxy) is 1. The summed E-state index contributed by atoms with van der Waals surface area (Å²) >= 11 is 0. The summed E-state index contributed by atoms with van der Waals surface area (Å²) in [6.45, 7) is 6.27. The predicted octanol–water partition coefficient (Wildman–Crippen LogP) is -0.377. The smallest absolute Gasteiger partial charge is 0.182 e. The highest BCUT2D eigenvalue weighted by Gasteiger charge is 2.13. The number of aromatic nitrogens is 4. The van der Waals surface area contributed by atoms with E-state index >= 15 is 0 Å². The van der Waals surface area contributed by atoms with Crippen LogP contribution in [0.25, 0.3) is 11.4 Å². The van der Waals surface area contributed by atoms with Crippen molar-refractivity contribution in [1.29, 1.82) is 0 Å². The van der Waals surface area contributed by atoms with Gasteiger partial charge in [0.05, 0.1) is 25.9 Å². The topological polar surface area (TPSA) is 88.3 Å². The van der Waals surface area contributed by atoms with Gasteiger partial charge in [-0.05, 0) is 10.4 Å². The molecule has 0 aliphatic carbocycles. The molecule has 0 saturated carbocycles. The molecule has 24 heavy (non-hydrogen) atoms. The Hall–Kier alpha value is -1.87. The molecular formula is C16H24N6O2. The highest BCUT2D eigenvalue weighted by Crippen LogP contribution is 2.14. The Morgan fingerprint density at radius 1 is 1.21 bits per heavy atom. The summed E-state index contributed by atoms with van der Waals surface area (Å²) in [5.74, 6) is 0.669. The zero-order chi connectivity index (χ0) is 16.6. The maximum absolute atomic E-state index is 10.2. The summed E-state index contributed by atoms with van der Waals surface area (Å²) in [5, 5.41) is 25.3. The van der Waals surface area contributed by atoms with Gasteiger partial charge >= 0.3 is 0 Å². The molecule has 0 amide bonds. The lowest BCUT2D eigenvalue weighted by Crippen LogP contribution is -2.41. The summed E-state index contributed by atoms with van der Waals surface area (Å²) in [6, 6.07) is 9.74. The molecule has 1 saturated heterocycles. The first-order chi connectivity index (χ1) is 11.8. The van der Waals surface area contributed by atoms with Gasteiger partial charge in [-0.25, -0.2) is 4.68 Å². The maximum Gasteiger partial charge on any atom is 0.182 e. The van der Waals surface area contributed by atoms with E-state index in [0.29, 0.717) is 18.9 Å². The lowest BCUT2D eigenvalue weighted by molar-refractivity contribution is 0.0379. The van der Waals surface area contributed by atoms with Gasteiger partial charge in [0.1, 0.15) is 0 Å². The number of hydrogen-bond acceptors (Lipinski definition) is 7. The van der Waals surface area contributed by atoms with E-state index in [1.54, 1.807) is 4.68 Å². The minimum absolute atomic E-state index is 0.363. The van der Waals surface area contributed by atoms with Crippen LogP contribution in [0.4, 0.5) is 0 Å². The standard InChI is InChI=1S/C16H24N6O2/c23-15(12-17-6-7-21-8-10-24-11-9-21)13-22-16(18-19-20-22)14-4-2-1-3-5-14/h1-5,15,17,23H,6-13H2/t15-/m0/s1. The molecule has 8 nitrogen and oxygen atoms in total. The number of rotatable bonds is 8. The largest absolute Gasteiger partial charge is 0.390 e. The molecule has 0 spiro atoms. The first-order valence-corrected chi connectivity index (χ1v) is 8.33. The summed E-state index contributed by atoms with van der Waals surface area (Å²) in [4.78, 5) is 2.36. The average molecular weight is 332 g/mol. The predicted molar refractivity (Wildman–Crippen MR) is 89.4 cm³/mol. The molecule has 2 aromatic rings. The summed E-state index contributed by atoms with van der Waals surface area (Å²) < 4.78 is 6.97. The van der Waals surface area contributed by atoms with Crippen LogP contribution in [-0.2, 0) is 11.3 Å². The molecule has 0 radical (unpaired) electrons. The van der Waals surface area contributed by atoms with E-state index in [4.69, 9.17) is 4.74 Å². The summed E-state index contributed by atoms with van der Waals surface area (Å²) in [7, 11) is 0. The molecule has 1 aliphatic heterocycles. The molecule has 0 unspecified atom stereocenters. The van der Waals surface area contributed by atoms with E-state index in [-0.39, 0.29) is 0 Å². The van der Waals surface area contributed by atoms with Crippen molar-refractivity contribution in [1.82, 2.24) is 30.4 Å². The van der Waals surface area contributed by atoms with Gasteiger partial charge in [-0.3, -0.25) is 4.90 Å². The Balaban J connectivity index is 1.42. The average Bonchev–Trinajstić information content (AvgIpc) is 3.08. The summed E-state index contributed by atoms with van der Waals surface area (Å²) in [5.41, 5.74) is 0.940. The van der Waals surface area contributed by atoms with Crippen molar-refractivity contribution in [2.75, 3.05) is 45.9 Å². The molecule has 2 heterocycles. The van der Waals surface area contributed by atoms with E-state index in [1.807, 2.05) is 30.3 Å². The van der Waals surface area contributed by atoms with Crippen molar-refractivity contribution < 1.29 is 9.84 Å². The van der Waals surface area contributed by atoms with Gasteiger partial charge in [0.2, 0.25) is 0 Å². The normalized spacial score (nSPS) is 17.0. The number of nitrogens with one attached hydrogen (secondary N) is 1. The second-order valence-electron chi connectivity index (χ2n) is 5.86. The van der Waals surface area contributed by atoms with Crippen molar-refractivity contribution in [3.05, 3.63) is 30.3 Å². The van der Waals surface area contributed by atoms with Crippen LogP contribution in [0, 0.1) is 0 Å². The minimum Gasteiger partial charge on any atom is -0.390 e. The van der Waals surface area contributed by atoms with Crippen molar-refractivity contribution in [2.45, 2.75) is 12.6 Å². The highest BCUT2D eigenvalue weighted by molar-refractivity contribution is 5.53. The van der Waals surface area contributed by atoms with Crippen LogP contribution in [0.5, 0.6) is 0 Å². The van der Waals surface area contributed by atoms with Crippen molar-refractivity contribution in [3.8, 4) is 11.4 Å². The van der Waals surface area contributed by atoms with E-state index in [2.05, 4.69) is 25.7 Å². The van der Waals surface area contributed by atoms with Gasteiger partial charge in [-0.15, -0.1) is 5.10 Å². The zero-order valence-corrected chi connectivity index (χ0v) is 13.7. The molecule has 1 aliphatic rings. The van der Waals surface area contributed by atoms with Gasteiger partial charge in [0.15, 0.2) is 5.82 Å². The fourth-order valence-electron chi connectivity index (χ4n) is 2.72. The van der Waals surface area contributed by atoms with Crippen LogP contribution in [0.2, 0.25) is 0 Å². The Labute approximate surface area is 141 Å². The lowest BCUT2D eigenvalue weighted by Gasteiger charge is -2.26. The second-order valence-corrected chi connectivity index (χ2v) is 5.86. The first-order valence-electron chi connectivity index (χ1n) is 8.33. The number of benzene rings is 1. The highest BCUT2D eigenvalue weighted by atomic mass is 16.5. The van der Waals surface area contributed by atoms with Crippen LogP contribution in [0.3, 0.4) is 0 Å². The maximum atomic E-state index is 10.2. The Morgan fingerprint density at radius 3 is 2.79 bits per heavy atom. The zero-order valence-electron chi connectivity index (χ0n) is 13.7. The quantitative estimate of drug-likeness (QED) is 0.637. The van der Waals surface area contributed by atoms with Gasteiger partial charge in [0.25, 0.3) is 0 Å². The van der Waals surface area contributed by atoms with Crippen LogP contribution < -0.4 is 5.32 Å². The van der Waals surface area contributed by atoms with E-state index < -0.39 is 6.10 Å². The molecule has 1 aromatic carbocycles. The van der Waals surface area contributed by atoms with Crippen molar-refractivity contribution >= 4 is 0 Å². The molecule has 130 valence electrons. The van der Waals surface area contributed by atoms with Crippen LogP contribution in [-0.4, -0.2) is 82.3 Å². The Morgan fingerprint density at radius 2 is 2.00 bits per heavy atom. The van der Waals surface area contributed by atoms with E-state index in [1.165, 1.54) is 0 Å². The minimum atomic E-state index is -0.541. The first kappa shape index (κ1) is 17.0. The molecule has 3 rings (SSSR count). The third kappa shape index (κ3) is 4.81. The van der Waals surface area contributed by atoms with Gasteiger partial charge in [0, 0.05) is 38.3 Å². The summed E-state index contributed by atoms with van der Waals surface area (Å²) in [6.07, 6.45) is -0.541. The van der Waals surface area contributed by atoms with E-state index in [9.17, 15) is 5.11 Å². The Bertz CT molecular complexity index is 600.